The Bertz CT molecular complexity index is 832. The van der Waals surface area contributed by atoms with Crippen molar-refractivity contribution in [2.75, 3.05) is 13.1 Å². The van der Waals surface area contributed by atoms with Crippen molar-refractivity contribution in [1.29, 1.82) is 5.26 Å². The van der Waals surface area contributed by atoms with Gasteiger partial charge in [0.2, 0.25) is 6.10 Å². The third-order valence-electron chi connectivity index (χ3n) is 4.09. The van der Waals surface area contributed by atoms with Crippen LogP contribution in [0, 0.1) is 11.3 Å². The zero-order valence-electron chi connectivity index (χ0n) is 15.5. The number of carbonyl (C=O) groups excluding carboxylic acids is 2. The summed E-state index contributed by atoms with van der Waals surface area (Å²) in [5.74, 6) is -0.847. The van der Waals surface area contributed by atoms with Gasteiger partial charge < -0.3 is 9.64 Å². The van der Waals surface area contributed by atoms with E-state index >= 15 is 0 Å². The zero-order chi connectivity index (χ0) is 19.6. The third-order valence-corrected chi connectivity index (χ3v) is 4.09. The summed E-state index contributed by atoms with van der Waals surface area (Å²) in [6.07, 6.45) is 1.89. The Morgan fingerprint density at radius 1 is 1.07 bits per heavy atom. The second-order valence-corrected chi connectivity index (χ2v) is 5.81. The van der Waals surface area contributed by atoms with E-state index in [1.165, 1.54) is 6.08 Å². The van der Waals surface area contributed by atoms with E-state index in [-0.39, 0.29) is 5.91 Å². The molecule has 2 aromatic rings. The van der Waals surface area contributed by atoms with E-state index in [9.17, 15) is 9.59 Å². The third kappa shape index (κ3) is 5.55. The summed E-state index contributed by atoms with van der Waals surface area (Å²) in [5.41, 5.74) is 1.94. The van der Waals surface area contributed by atoms with E-state index < -0.39 is 12.1 Å². The Hall–Kier alpha value is -3.39. The molecule has 0 aliphatic heterocycles. The fourth-order valence-electron chi connectivity index (χ4n) is 2.58. The Morgan fingerprint density at radius 2 is 1.70 bits per heavy atom. The second kappa shape index (κ2) is 9.93. The fraction of sp³-hybridized carbons (Fsp3) is 0.227. The van der Waals surface area contributed by atoms with E-state index in [0.29, 0.717) is 24.2 Å². The van der Waals surface area contributed by atoms with Gasteiger partial charge in [0, 0.05) is 24.7 Å². The lowest BCUT2D eigenvalue weighted by Gasteiger charge is -2.25. The standard InChI is InChI=1S/C22H22N2O3/c1-3-24(4-2)22(26)21(19-8-6-5-7-9-19)27-20(25)15-14-17-10-12-18(16-23)13-11-17/h5-15,21H,3-4H2,1-2H3/b15-14+/t21-/m1/s1. The first kappa shape index (κ1) is 19.9. The molecule has 2 rings (SSSR count). The lowest BCUT2D eigenvalue weighted by atomic mass is 10.1. The van der Waals surface area contributed by atoms with Crippen molar-refractivity contribution in [1.82, 2.24) is 4.90 Å². The fourth-order valence-corrected chi connectivity index (χ4v) is 2.58. The van der Waals surface area contributed by atoms with Gasteiger partial charge in [-0.05, 0) is 37.6 Å². The highest BCUT2D eigenvalue weighted by Crippen LogP contribution is 2.21. The van der Waals surface area contributed by atoms with Crippen molar-refractivity contribution in [2.24, 2.45) is 0 Å². The van der Waals surface area contributed by atoms with Crippen LogP contribution in [0.15, 0.2) is 60.7 Å². The molecule has 0 saturated heterocycles. The molecule has 27 heavy (non-hydrogen) atoms. The van der Waals surface area contributed by atoms with Gasteiger partial charge in [0.15, 0.2) is 0 Å². The van der Waals surface area contributed by atoms with Gasteiger partial charge in [0.1, 0.15) is 0 Å². The van der Waals surface area contributed by atoms with Crippen LogP contribution < -0.4 is 0 Å². The minimum absolute atomic E-state index is 0.244. The summed E-state index contributed by atoms with van der Waals surface area (Å²) in [6, 6.07) is 17.8. The predicted octanol–water partition coefficient (Wildman–Crippen LogP) is 3.72. The van der Waals surface area contributed by atoms with Crippen LogP contribution in [0.4, 0.5) is 0 Å². The molecule has 5 heteroatoms. The molecule has 0 unspecified atom stereocenters. The molecule has 5 nitrogen and oxygen atoms in total. The zero-order valence-corrected chi connectivity index (χ0v) is 15.5. The molecule has 0 aromatic heterocycles. The number of ether oxygens (including phenoxy) is 1. The molecule has 2 aromatic carbocycles. The quantitative estimate of drug-likeness (QED) is 0.556. The molecule has 0 saturated carbocycles. The molecule has 0 heterocycles. The highest BCUT2D eigenvalue weighted by molar-refractivity contribution is 5.91. The molecule has 138 valence electrons. The number of esters is 1. The van der Waals surface area contributed by atoms with Gasteiger partial charge in [-0.15, -0.1) is 0 Å². The van der Waals surface area contributed by atoms with Gasteiger partial charge in [0.05, 0.1) is 11.6 Å². The molecule has 0 N–H and O–H groups in total. The lowest BCUT2D eigenvalue weighted by Crippen LogP contribution is -2.36. The van der Waals surface area contributed by atoms with E-state index in [1.807, 2.05) is 26.0 Å². The van der Waals surface area contributed by atoms with Gasteiger partial charge >= 0.3 is 5.97 Å². The predicted molar refractivity (Wildman–Crippen MR) is 103 cm³/mol. The van der Waals surface area contributed by atoms with Crippen LogP contribution in [0.5, 0.6) is 0 Å². The number of benzene rings is 2. The maximum Gasteiger partial charge on any atom is 0.331 e. The maximum atomic E-state index is 12.8. The Balaban J connectivity index is 2.16. The molecular formula is C22H22N2O3. The van der Waals surface area contributed by atoms with Gasteiger partial charge in [-0.2, -0.15) is 5.26 Å². The van der Waals surface area contributed by atoms with E-state index in [4.69, 9.17) is 10.00 Å². The lowest BCUT2D eigenvalue weighted by molar-refractivity contribution is -0.157. The van der Waals surface area contributed by atoms with Crippen molar-refractivity contribution >= 4 is 18.0 Å². The van der Waals surface area contributed by atoms with Gasteiger partial charge in [0.25, 0.3) is 5.91 Å². The average molecular weight is 362 g/mol. The number of nitrogens with zero attached hydrogens (tertiary/aromatic N) is 2. The molecule has 1 atom stereocenters. The smallest absolute Gasteiger partial charge is 0.331 e. The van der Waals surface area contributed by atoms with Crippen molar-refractivity contribution in [3.8, 4) is 6.07 Å². The van der Waals surface area contributed by atoms with Crippen molar-refractivity contribution in [3.63, 3.8) is 0 Å². The molecule has 0 aliphatic carbocycles. The van der Waals surface area contributed by atoms with Crippen LogP contribution in [0.3, 0.4) is 0 Å². The molecule has 0 radical (unpaired) electrons. The van der Waals surface area contributed by atoms with Gasteiger partial charge in [-0.1, -0.05) is 42.5 Å². The first-order valence-electron chi connectivity index (χ1n) is 8.81. The number of amides is 1. The number of carbonyl (C=O) groups is 2. The van der Waals surface area contributed by atoms with Crippen molar-refractivity contribution < 1.29 is 14.3 Å². The van der Waals surface area contributed by atoms with Crippen molar-refractivity contribution in [2.45, 2.75) is 20.0 Å². The topological polar surface area (TPSA) is 70.4 Å². The van der Waals surface area contributed by atoms with Crippen LogP contribution in [0.2, 0.25) is 0 Å². The van der Waals surface area contributed by atoms with Gasteiger partial charge in [-0.3, -0.25) is 4.79 Å². The first-order valence-corrected chi connectivity index (χ1v) is 8.81. The Kier molecular flexibility index (Phi) is 7.33. The van der Waals surface area contributed by atoms with Crippen LogP contribution in [0.1, 0.15) is 36.6 Å². The number of rotatable bonds is 7. The summed E-state index contributed by atoms with van der Waals surface area (Å²) < 4.78 is 5.48. The molecule has 0 aliphatic rings. The second-order valence-electron chi connectivity index (χ2n) is 5.81. The van der Waals surface area contributed by atoms with Crippen molar-refractivity contribution in [3.05, 3.63) is 77.4 Å². The number of hydrogen-bond acceptors (Lipinski definition) is 4. The Labute approximate surface area is 159 Å². The van der Waals surface area contributed by atoms with E-state index in [1.54, 1.807) is 59.5 Å². The SMILES string of the molecule is CCN(CC)C(=O)[C@H](OC(=O)/C=C/c1ccc(C#N)cc1)c1ccccc1. The highest BCUT2D eigenvalue weighted by atomic mass is 16.5. The van der Waals surface area contributed by atoms with Crippen LogP contribution in [0.25, 0.3) is 6.08 Å². The number of likely N-dealkylation sites (N-methyl/N-ethyl adjacent to an activating group) is 1. The van der Waals surface area contributed by atoms with Crippen LogP contribution in [-0.2, 0) is 14.3 Å². The monoisotopic (exact) mass is 362 g/mol. The normalized spacial score (nSPS) is 11.6. The summed E-state index contributed by atoms with van der Waals surface area (Å²) in [5, 5.41) is 8.81. The highest BCUT2D eigenvalue weighted by Gasteiger charge is 2.27. The Morgan fingerprint density at radius 3 is 2.26 bits per heavy atom. The number of nitriles is 1. The summed E-state index contributed by atoms with van der Waals surface area (Å²) in [6.45, 7) is 4.85. The summed E-state index contributed by atoms with van der Waals surface area (Å²) in [7, 11) is 0. The molecule has 0 bridgehead atoms. The molecule has 1 amide bonds. The van der Waals surface area contributed by atoms with E-state index in [0.717, 1.165) is 5.56 Å². The summed E-state index contributed by atoms with van der Waals surface area (Å²) in [4.78, 5) is 26.7. The largest absolute Gasteiger partial charge is 0.444 e. The minimum atomic E-state index is -0.982. The minimum Gasteiger partial charge on any atom is -0.444 e. The average Bonchev–Trinajstić information content (AvgIpc) is 2.72. The van der Waals surface area contributed by atoms with E-state index in [2.05, 4.69) is 0 Å². The molecular weight excluding hydrogens is 340 g/mol. The van der Waals surface area contributed by atoms with Gasteiger partial charge in [-0.25, -0.2) is 4.79 Å². The molecule has 0 fully saturated rings. The van der Waals surface area contributed by atoms with Crippen LogP contribution in [-0.4, -0.2) is 29.9 Å². The van der Waals surface area contributed by atoms with Crippen LogP contribution >= 0.6 is 0 Å². The molecule has 0 spiro atoms. The summed E-state index contributed by atoms with van der Waals surface area (Å²) >= 11 is 0. The maximum absolute atomic E-state index is 12.8. The first-order chi connectivity index (χ1) is 13.1. The number of hydrogen-bond donors (Lipinski definition) is 0.